The van der Waals surface area contributed by atoms with Crippen molar-refractivity contribution in [3.05, 3.63) is 74.9 Å². The molecule has 13 heteroatoms. The van der Waals surface area contributed by atoms with Crippen LogP contribution >= 0.6 is 35.6 Å². The Kier molecular flexibility index (Phi) is 13.1. The first-order valence-electron chi connectivity index (χ1n) is 15.8. The van der Waals surface area contributed by atoms with Crippen molar-refractivity contribution < 1.29 is 39.1 Å². The summed E-state index contributed by atoms with van der Waals surface area (Å²) in [7, 11) is 8.78. The van der Waals surface area contributed by atoms with Gasteiger partial charge in [-0.1, -0.05) is 23.7 Å². The molecule has 0 spiro atoms. The topological polar surface area (TPSA) is 145 Å². The minimum atomic E-state index is -0.744. The summed E-state index contributed by atoms with van der Waals surface area (Å²) >= 11 is 6.25. The van der Waals surface area contributed by atoms with Crippen molar-refractivity contribution in [2.75, 3.05) is 61.6 Å². The van der Waals surface area contributed by atoms with E-state index >= 15 is 0 Å². The van der Waals surface area contributed by atoms with Crippen LogP contribution in [0, 0.1) is 0 Å². The van der Waals surface area contributed by atoms with Gasteiger partial charge in [-0.2, -0.15) is 0 Å². The number of β-amino-alcohol motifs (C(OH)–C–C–N with tert-alkyl or cyclic N) is 2. The molecule has 1 aromatic heterocycles. The molecule has 2 saturated heterocycles. The molecule has 4 atom stereocenters. The molecule has 0 bridgehead atoms. The number of methoxy groups -OCH3 is 3. The van der Waals surface area contributed by atoms with Crippen LogP contribution in [0.15, 0.2) is 57.7 Å². The van der Waals surface area contributed by atoms with E-state index in [1.54, 1.807) is 45.6 Å². The van der Waals surface area contributed by atoms with Gasteiger partial charge in [-0.15, -0.1) is 24.0 Å². The SMILES string of the molecule is CN1CC[C@H](c2c(O)cc(O)c3c(=O)cc(-c4ccccc4Cl)oc23)[C@H](O)C1.COc1cc(OC)c([C@H]2CCN(C)C[C@H]2O)c(OC)c1.I. The fourth-order valence-electron chi connectivity index (χ4n) is 6.72. The second-order valence-electron chi connectivity index (χ2n) is 12.4. The first-order valence-corrected chi connectivity index (χ1v) is 16.2. The highest BCUT2D eigenvalue weighted by atomic mass is 127. The molecular weight excluding hydrogens is 767 g/mol. The summed E-state index contributed by atoms with van der Waals surface area (Å²) in [4.78, 5) is 16.9. The number of piperidine rings is 2. The van der Waals surface area contributed by atoms with Gasteiger partial charge in [-0.25, -0.2) is 0 Å². The zero-order valence-electron chi connectivity index (χ0n) is 28.2. The lowest BCUT2D eigenvalue weighted by Crippen LogP contribution is -2.40. The number of hydrogen-bond donors (Lipinski definition) is 4. The number of rotatable bonds is 6. The van der Waals surface area contributed by atoms with E-state index in [4.69, 9.17) is 30.2 Å². The van der Waals surface area contributed by atoms with Crippen molar-refractivity contribution in [3.63, 3.8) is 0 Å². The van der Waals surface area contributed by atoms with E-state index in [9.17, 15) is 25.2 Å². The summed E-state index contributed by atoms with van der Waals surface area (Å²) < 4.78 is 22.2. The summed E-state index contributed by atoms with van der Waals surface area (Å²) in [6, 6.07) is 13.0. The van der Waals surface area contributed by atoms with Gasteiger partial charge in [0.15, 0.2) is 5.43 Å². The number of aromatic hydroxyl groups is 2. The number of benzene rings is 3. The van der Waals surface area contributed by atoms with Gasteiger partial charge in [-0.3, -0.25) is 4.79 Å². The number of aliphatic hydroxyl groups is 2. The summed E-state index contributed by atoms with van der Waals surface area (Å²) in [5.41, 5.74) is 1.42. The third kappa shape index (κ3) is 8.21. The van der Waals surface area contributed by atoms with E-state index in [2.05, 4.69) is 4.90 Å². The molecule has 11 nitrogen and oxygen atoms in total. The molecule has 4 aromatic rings. The highest BCUT2D eigenvalue weighted by Crippen LogP contribution is 2.44. The average molecular weight is 811 g/mol. The zero-order chi connectivity index (χ0) is 34.7. The molecule has 0 unspecified atom stereocenters. The van der Waals surface area contributed by atoms with E-state index in [0.717, 1.165) is 31.1 Å². The average Bonchev–Trinajstić information content (AvgIpc) is 3.05. The summed E-state index contributed by atoms with van der Waals surface area (Å²) in [5.74, 6) is 1.34. The van der Waals surface area contributed by atoms with Crippen LogP contribution in [-0.2, 0) is 0 Å². The second-order valence-corrected chi connectivity index (χ2v) is 12.8. The summed E-state index contributed by atoms with van der Waals surface area (Å²) in [6.07, 6.45) is 0.276. The van der Waals surface area contributed by atoms with Crippen molar-refractivity contribution in [1.29, 1.82) is 0 Å². The second kappa shape index (κ2) is 16.6. The molecular formula is C36H44ClIN2O9. The number of fused-ring (bicyclic) bond motifs is 1. The predicted molar refractivity (Wildman–Crippen MR) is 199 cm³/mol. The molecule has 4 N–H and O–H groups in total. The van der Waals surface area contributed by atoms with Gasteiger partial charge in [-0.05, 0) is 52.2 Å². The Morgan fingerprint density at radius 1 is 0.796 bits per heavy atom. The predicted octanol–water partition coefficient (Wildman–Crippen LogP) is 5.42. The molecule has 2 aliphatic rings. The first-order chi connectivity index (χ1) is 23.0. The van der Waals surface area contributed by atoms with Gasteiger partial charge in [0.2, 0.25) is 0 Å². The van der Waals surface area contributed by atoms with Crippen molar-refractivity contribution >= 4 is 46.5 Å². The molecule has 0 saturated carbocycles. The van der Waals surface area contributed by atoms with Crippen LogP contribution in [0.3, 0.4) is 0 Å². The maximum absolute atomic E-state index is 12.8. The van der Waals surface area contributed by atoms with Crippen LogP contribution in [0.25, 0.3) is 22.3 Å². The number of ether oxygens (including phenoxy) is 3. The Morgan fingerprint density at radius 2 is 1.35 bits per heavy atom. The molecule has 2 fully saturated rings. The number of aliphatic hydroxyl groups excluding tert-OH is 2. The molecule has 49 heavy (non-hydrogen) atoms. The van der Waals surface area contributed by atoms with Crippen molar-refractivity contribution in [2.24, 2.45) is 0 Å². The Balaban J connectivity index is 0.000000229. The molecule has 3 aromatic carbocycles. The third-order valence-corrected chi connectivity index (χ3v) is 9.53. The fourth-order valence-corrected chi connectivity index (χ4v) is 6.95. The van der Waals surface area contributed by atoms with Gasteiger partial charge in [0.1, 0.15) is 45.5 Å². The molecule has 2 aliphatic heterocycles. The lowest BCUT2D eigenvalue weighted by molar-refractivity contribution is 0.0619. The minimum Gasteiger partial charge on any atom is -0.507 e. The quantitative estimate of drug-likeness (QED) is 0.186. The largest absolute Gasteiger partial charge is 0.507 e. The van der Waals surface area contributed by atoms with Crippen LogP contribution in [-0.4, -0.2) is 104 Å². The number of likely N-dealkylation sites (tertiary alicyclic amines) is 2. The van der Waals surface area contributed by atoms with Gasteiger partial charge < -0.3 is 48.9 Å². The Hall–Kier alpha value is -3.27. The van der Waals surface area contributed by atoms with E-state index in [1.807, 2.05) is 31.1 Å². The van der Waals surface area contributed by atoms with E-state index in [0.29, 0.717) is 52.9 Å². The molecule has 0 amide bonds. The molecule has 6 rings (SSSR count). The molecule has 3 heterocycles. The standard InChI is InChI=1S/C21H20ClNO5.C15H23NO4.HI/c1-23-7-6-12(17(27)10-23)19-14(24)8-15(25)20-16(26)9-18(28-21(19)20)11-4-2-3-5-13(11)22;1-16-6-5-11(12(17)9-16)15-13(19-3)7-10(18-2)8-14(15)20-4;/h2-5,8-9,12,17,24-25,27H,6-7,10H2,1H3;7-8,11-12,17H,5-6,9H2,1-4H3;1H/t12-,17+;11-,12+;/m00./s1. The Bertz CT molecular complexity index is 1790. The van der Waals surface area contributed by atoms with Crippen LogP contribution < -0.4 is 19.6 Å². The summed E-state index contributed by atoms with van der Waals surface area (Å²) in [5, 5.41) is 42.2. The fraction of sp³-hybridized carbons (Fsp3) is 0.417. The highest BCUT2D eigenvalue weighted by Gasteiger charge is 2.34. The van der Waals surface area contributed by atoms with Crippen LogP contribution in [0.1, 0.15) is 35.8 Å². The minimum absolute atomic E-state index is 0. The van der Waals surface area contributed by atoms with Crippen molar-refractivity contribution in [1.82, 2.24) is 9.80 Å². The van der Waals surface area contributed by atoms with Crippen LogP contribution in [0.4, 0.5) is 0 Å². The van der Waals surface area contributed by atoms with Gasteiger partial charge in [0.05, 0.1) is 38.6 Å². The van der Waals surface area contributed by atoms with Gasteiger partial charge in [0, 0.05) is 65.9 Å². The van der Waals surface area contributed by atoms with Crippen molar-refractivity contribution in [3.8, 4) is 40.1 Å². The number of likely N-dealkylation sites (N-methyl/N-ethyl adjacent to an activating group) is 2. The number of hydrogen-bond acceptors (Lipinski definition) is 11. The number of nitrogens with zero attached hydrogens (tertiary/aromatic N) is 2. The molecule has 0 aliphatic carbocycles. The number of phenolic OH excluding ortho intramolecular Hbond substituents is 2. The maximum atomic E-state index is 12.8. The summed E-state index contributed by atoms with van der Waals surface area (Å²) in [6.45, 7) is 2.75. The highest BCUT2D eigenvalue weighted by molar-refractivity contribution is 14.0. The van der Waals surface area contributed by atoms with Gasteiger partial charge in [0.25, 0.3) is 0 Å². The lowest BCUT2D eigenvalue weighted by Gasteiger charge is -2.35. The van der Waals surface area contributed by atoms with E-state index < -0.39 is 23.6 Å². The normalized spacial score (nSPS) is 21.3. The zero-order valence-corrected chi connectivity index (χ0v) is 31.3. The lowest BCUT2D eigenvalue weighted by atomic mass is 9.85. The Morgan fingerprint density at radius 3 is 1.86 bits per heavy atom. The first kappa shape index (κ1) is 38.5. The van der Waals surface area contributed by atoms with Crippen molar-refractivity contribution in [2.45, 2.75) is 36.9 Å². The van der Waals surface area contributed by atoms with Gasteiger partial charge >= 0.3 is 0 Å². The number of phenols is 2. The molecule has 266 valence electrons. The van der Waals surface area contributed by atoms with Crippen LogP contribution in [0.2, 0.25) is 5.02 Å². The van der Waals surface area contributed by atoms with E-state index in [-0.39, 0.29) is 58.1 Å². The molecule has 0 radical (unpaired) electrons. The third-order valence-electron chi connectivity index (χ3n) is 9.20. The smallest absolute Gasteiger partial charge is 0.197 e. The van der Waals surface area contributed by atoms with E-state index in [1.165, 1.54) is 6.07 Å². The monoisotopic (exact) mass is 810 g/mol. The maximum Gasteiger partial charge on any atom is 0.197 e. The Labute approximate surface area is 307 Å². The van der Waals surface area contributed by atoms with Crippen LogP contribution in [0.5, 0.6) is 28.7 Å². The number of halogens is 2.